The number of nitrogens with zero attached hydrogens (tertiary/aromatic N) is 3. The molecule has 6 heteroatoms. The summed E-state index contributed by atoms with van der Waals surface area (Å²) in [6.07, 6.45) is 4.54. The number of likely N-dealkylation sites (tertiary alicyclic amines) is 1. The number of rotatable bonds is 4. The van der Waals surface area contributed by atoms with Crippen LogP contribution in [0.25, 0.3) is 10.9 Å². The molecule has 5 nitrogen and oxygen atoms in total. The van der Waals surface area contributed by atoms with Gasteiger partial charge >= 0.3 is 6.03 Å². The molecular formula is C22H31BrN4O. The molecule has 2 aliphatic rings. The third-order valence-corrected chi connectivity index (χ3v) is 7.56. The fraction of sp³-hybridized carbons (Fsp3) is 0.591. The summed E-state index contributed by atoms with van der Waals surface area (Å²) in [6.45, 7) is 8.81. The average Bonchev–Trinajstić information content (AvgIpc) is 2.96. The number of benzene rings is 1. The third-order valence-electron chi connectivity index (χ3n) is 6.73. The number of likely N-dealkylation sites (N-methyl/N-ethyl adjacent to an activating group) is 1. The number of hydrogen-bond donors (Lipinski definition) is 1. The van der Waals surface area contributed by atoms with E-state index in [1.165, 1.54) is 41.5 Å². The van der Waals surface area contributed by atoms with Crippen molar-refractivity contribution in [3.05, 3.63) is 33.4 Å². The molecule has 1 aromatic heterocycles. The van der Waals surface area contributed by atoms with Crippen LogP contribution in [-0.4, -0.2) is 53.2 Å². The van der Waals surface area contributed by atoms with Crippen LogP contribution in [0.2, 0.25) is 0 Å². The molecule has 0 radical (unpaired) electrons. The second-order valence-corrected chi connectivity index (χ2v) is 8.88. The molecule has 2 amide bonds. The molecule has 0 saturated carbocycles. The Balaban J connectivity index is 1.87. The van der Waals surface area contributed by atoms with Crippen molar-refractivity contribution in [1.82, 2.24) is 14.5 Å². The molecule has 1 aliphatic carbocycles. The minimum atomic E-state index is -0.0496. The lowest BCUT2D eigenvalue weighted by Crippen LogP contribution is -2.44. The Hall–Kier alpha value is -1.53. The largest absolute Gasteiger partial charge is 0.336 e. The van der Waals surface area contributed by atoms with E-state index in [1.807, 2.05) is 23.4 Å². The number of urea groups is 1. The number of piperidine rings is 1. The molecular weight excluding hydrogens is 416 g/mol. The monoisotopic (exact) mass is 446 g/mol. The molecule has 4 rings (SSSR count). The Morgan fingerprint density at radius 3 is 2.71 bits per heavy atom. The van der Waals surface area contributed by atoms with Crippen LogP contribution in [0.15, 0.2) is 16.7 Å². The standard InChI is InChI=1S/C22H31BrN4O/c1-5-14-11-16-15-9-8-10-25(4)18(15)13-17-20(16)19(12-14)27(21(17)23)24-22(28)26(6-2)7-3/h11-12,15,18H,5-10,13H2,1-4H3,(H,24,28)/t15-,18-/m1/s1. The molecule has 28 heavy (non-hydrogen) atoms. The van der Waals surface area contributed by atoms with E-state index in [4.69, 9.17) is 0 Å². The van der Waals surface area contributed by atoms with Gasteiger partial charge in [0, 0.05) is 30.4 Å². The summed E-state index contributed by atoms with van der Waals surface area (Å²) in [7, 11) is 2.26. The number of halogens is 1. The molecule has 2 atom stereocenters. The van der Waals surface area contributed by atoms with Crippen LogP contribution in [-0.2, 0) is 12.8 Å². The van der Waals surface area contributed by atoms with Crippen molar-refractivity contribution in [2.45, 2.75) is 58.4 Å². The maximum absolute atomic E-state index is 12.8. The quantitative estimate of drug-likeness (QED) is 0.738. The summed E-state index contributed by atoms with van der Waals surface area (Å²) >= 11 is 3.84. The predicted molar refractivity (Wildman–Crippen MR) is 119 cm³/mol. The van der Waals surface area contributed by atoms with Gasteiger partial charge in [-0.2, -0.15) is 0 Å². The summed E-state index contributed by atoms with van der Waals surface area (Å²) in [5.41, 5.74) is 8.43. The van der Waals surface area contributed by atoms with Crippen molar-refractivity contribution in [2.24, 2.45) is 0 Å². The lowest BCUT2D eigenvalue weighted by atomic mass is 9.74. The number of aromatic nitrogens is 1. The molecule has 2 heterocycles. The molecule has 152 valence electrons. The first kappa shape index (κ1) is 19.8. The molecule has 1 N–H and O–H groups in total. The summed E-state index contributed by atoms with van der Waals surface area (Å²) in [4.78, 5) is 17.1. The van der Waals surface area contributed by atoms with E-state index in [1.54, 1.807) is 0 Å². The van der Waals surface area contributed by atoms with Crippen LogP contribution in [0.4, 0.5) is 4.79 Å². The van der Waals surface area contributed by atoms with Gasteiger partial charge in [-0.25, -0.2) is 14.9 Å². The normalized spacial score (nSPS) is 21.6. The average molecular weight is 447 g/mol. The highest BCUT2D eigenvalue weighted by Crippen LogP contribution is 2.46. The van der Waals surface area contributed by atoms with Crippen LogP contribution in [0.1, 0.15) is 56.2 Å². The highest BCUT2D eigenvalue weighted by molar-refractivity contribution is 9.10. The van der Waals surface area contributed by atoms with Crippen LogP contribution >= 0.6 is 15.9 Å². The highest BCUT2D eigenvalue weighted by atomic mass is 79.9. The van der Waals surface area contributed by atoms with E-state index in [-0.39, 0.29) is 6.03 Å². The molecule has 1 aliphatic heterocycles. The van der Waals surface area contributed by atoms with Gasteiger partial charge in [0.25, 0.3) is 0 Å². The van der Waals surface area contributed by atoms with E-state index in [2.05, 4.69) is 52.4 Å². The van der Waals surface area contributed by atoms with E-state index in [0.717, 1.165) is 23.0 Å². The summed E-state index contributed by atoms with van der Waals surface area (Å²) < 4.78 is 2.97. The summed E-state index contributed by atoms with van der Waals surface area (Å²) in [5.74, 6) is 0.585. The second-order valence-electron chi connectivity index (χ2n) is 8.13. The predicted octanol–water partition coefficient (Wildman–Crippen LogP) is 4.71. The van der Waals surface area contributed by atoms with E-state index in [9.17, 15) is 4.79 Å². The fourth-order valence-electron chi connectivity index (χ4n) is 5.12. The van der Waals surface area contributed by atoms with Crippen LogP contribution in [0, 0.1) is 0 Å². The molecule has 2 aromatic rings. The van der Waals surface area contributed by atoms with Gasteiger partial charge in [0.2, 0.25) is 0 Å². The van der Waals surface area contributed by atoms with E-state index >= 15 is 0 Å². The van der Waals surface area contributed by atoms with Gasteiger partial charge in [-0.3, -0.25) is 0 Å². The van der Waals surface area contributed by atoms with Crippen LogP contribution in [0.5, 0.6) is 0 Å². The number of amides is 2. The maximum atomic E-state index is 12.8. The number of carbonyl (C=O) groups is 1. The fourth-order valence-corrected chi connectivity index (χ4v) is 5.76. The first-order valence-corrected chi connectivity index (χ1v) is 11.4. The minimum absolute atomic E-state index is 0.0496. The minimum Gasteiger partial charge on any atom is -0.324 e. The Labute approximate surface area is 176 Å². The van der Waals surface area contributed by atoms with Crippen molar-refractivity contribution in [2.75, 3.05) is 32.1 Å². The zero-order valence-corrected chi connectivity index (χ0v) is 19.0. The van der Waals surface area contributed by atoms with Crippen LogP contribution < -0.4 is 5.43 Å². The van der Waals surface area contributed by atoms with E-state index < -0.39 is 0 Å². The smallest absolute Gasteiger partial charge is 0.324 e. The topological polar surface area (TPSA) is 40.5 Å². The van der Waals surface area contributed by atoms with Gasteiger partial charge < -0.3 is 9.80 Å². The van der Waals surface area contributed by atoms with Gasteiger partial charge in [-0.15, -0.1) is 0 Å². The molecule has 1 saturated heterocycles. The Morgan fingerprint density at radius 1 is 1.29 bits per heavy atom. The first-order chi connectivity index (χ1) is 13.5. The molecule has 0 spiro atoms. The Morgan fingerprint density at radius 2 is 2.04 bits per heavy atom. The van der Waals surface area contributed by atoms with Crippen molar-refractivity contribution >= 4 is 32.9 Å². The molecule has 1 fully saturated rings. The summed E-state index contributed by atoms with van der Waals surface area (Å²) in [5, 5.41) is 1.35. The lowest BCUT2D eigenvalue weighted by Gasteiger charge is -2.42. The van der Waals surface area contributed by atoms with E-state index in [0.29, 0.717) is 25.0 Å². The summed E-state index contributed by atoms with van der Waals surface area (Å²) in [6, 6.07) is 5.17. The maximum Gasteiger partial charge on any atom is 0.336 e. The SMILES string of the molecule is CCc1cc2c3c(c(Br)n(NC(=O)N(CC)CC)c3c1)C[C@@H]1[C@@H]2CCCN1C. The molecule has 1 aromatic carbocycles. The van der Waals surface area contributed by atoms with Gasteiger partial charge in [0.05, 0.1) is 5.52 Å². The van der Waals surface area contributed by atoms with Gasteiger partial charge in [0.15, 0.2) is 0 Å². The number of fused-ring (bicyclic) bond motifs is 2. The van der Waals surface area contributed by atoms with Crippen molar-refractivity contribution in [3.8, 4) is 0 Å². The second kappa shape index (κ2) is 7.71. The number of nitrogens with one attached hydrogen (secondary N) is 1. The van der Waals surface area contributed by atoms with Crippen molar-refractivity contribution < 1.29 is 4.79 Å². The molecule has 0 bridgehead atoms. The Bertz CT molecular complexity index is 902. The van der Waals surface area contributed by atoms with Gasteiger partial charge in [-0.05, 0) is 91.8 Å². The third kappa shape index (κ3) is 3.05. The van der Waals surface area contributed by atoms with Gasteiger partial charge in [-0.1, -0.05) is 13.0 Å². The number of hydrogen-bond acceptors (Lipinski definition) is 2. The highest BCUT2D eigenvalue weighted by Gasteiger charge is 2.38. The molecule has 0 unspecified atom stereocenters. The zero-order chi connectivity index (χ0) is 20.0. The Kier molecular flexibility index (Phi) is 5.45. The zero-order valence-electron chi connectivity index (χ0n) is 17.4. The van der Waals surface area contributed by atoms with Crippen molar-refractivity contribution in [1.29, 1.82) is 0 Å². The number of aryl methyl sites for hydroxylation is 1. The van der Waals surface area contributed by atoms with Crippen LogP contribution in [0.3, 0.4) is 0 Å². The lowest BCUT2D eigenvalue weighted by molar-refractivity contribution is 0.157. The first-order valence-electron chi connectivity index (χ1n) is 10.6. The van der Waals surface area contributed by atoms with Crippen molar-refractivity contribution in [3.63, 3.8) is 0 Å². The number of carbonyl (C=O) groups excluding carboxylic acids is 1. The van der Waals surface area contributed by atoms with Gasteiger partial charge in [0.1, 0.15) is 4.60 Å².